The third-order valence-corrected chi connectivity index (χ3v) is 5.93. The largest absolute Gasteiger partial charge is 0.465 e. The fourth-order valence-electron chi connectivity index (χ4n) is 4.24. The Hall–Kier alpha value is -2.86. The fourth-order valence-corrected chi connectivity index (χ4v) is 4.37. The van der Waals surface area contributed by atoms with Crippen molar-refractivity contribution in [3.8, 4) is 0 Å². The highest BCUT2D eigenvalue weighted by Crippen LogP contribution is 2.41. The van der Waals surface area contributed by atoms with E-state index in [2.05, 4.69) is 6.92 Å². The zero-order valence-corrected chi connectivity index (χ0v) is 18.5. The van der Waals surface area contributed by atoms with Gasteiger partial charge in [-0.05, 0) is 43.2 Å². The molecule has 162 valence electrons. The Labute approximate surface area is 186 Å². The molecule has 1 aliphatic rings. The number of esters is 1. The molecule has 2 atom stereocenters. The Morgan fingerprint density at radius 2 is 1.84 bits per heavy atom. The van der Waals surface area contributed by atoms with Crippen molar-refractivity contribution in [3.63, 3.8) is 0 Å². The zero-order chi connectivity index (χ0) is 22.0. The summed E-state index contributed by atoms with van der Waals surface area (Å²) in [5.41, 5.74) is 2.47. The van der Waals surface area contributed by atoms with E-state index in [1.807, 2.05) is 41.0 Å². The van der Waals surface area contributed by atoms with Crippen molar-refractivity contribution in [1.82, 2.24) is 9.55 Å². The first-order chi connectivity index (χ1) is 15.1. The molecule has 2 unspecified atom stereocenters. The maximum Gasteiger partial charge on any atom is 0.321 e. The van der Waals surface area contributed by atoms with Gasteiger partial charge in [0.05, 0.1) is 23.7 Å². The molecule has 6 nitrogen and oxygen atoms in total. The maximum atomic E-state index is 13.7. The molecule has 0 saturated carbocycles. The summed E-state index contributed by atoms with van der Waals surface area (Å²) < 4.78 is 7.37. The first-order valence-corrected chi connectivity index (χ1v) is 11.1. The van der Waals surface area contributed by atoms with Gasteiger partial charge in [-0.3, -0.25) is 14.5 Å². The molecule has 1 amide bonds. The number of benzene rings is 2. The van der Waals surface area contributed by atoms with Crippen molar-refractivity contribution in [2.45, 2.75) is 39.2 Å². The number of carbonyl (C=O) groups excluding carboxylic acids is 2. The first-order valence-electron chi connectivity index (χ1n) is 10.8. The normalized spacial score (nSPS) is 18.3. The number of aromatic nitrogens is 2. The number of ether oxygens (including phenoxy) is 1. The topological polar surface area (TPSA) is 64.4 Å². The summed E-state index contributed by atoms with van der Waals surface area (Å²) in [7, 11) is 0. The Morgan fingerprint density at radius 1 is 1.10 bits per heavy atom. The molecular formula is C24H26ClN3O3. The van der Waals surface area contributed by atoms with Crippen LogP contribution >= 0.6 is 11.6 Å². The number of fused-ring (bicyclic) bond motifs is 3. The molecule has 7 heteroatoms. The molecule has 0 N–H and O–H groups in total. The molecule has 3 aromatic rings. The number of anilines is 1. The van der Waals surface area contributed by atoms with Crippen LogP contribution in [0.15, 0.2) is 48.5 Å². The third-order valence-electron chi connectivity index (χ3n) is 5.68. The van der Waals surface area contributed by atoms with Crippen LogP contribution in [0.5, 0.6) is 0 Å². The van der Waals surface area contributed by atoms with E-state index in [1.54, 1.807) is 24.0 Å². The molecule has 2 heterocycles. The number of imidazole rings is 1. The fraction of sp³-hybridized carbons (Fsp3) is 0.375. The van der Waals surface area contributed by atoms with Crippen molar-refractivity contribution in [1.29, 1.82) is 0 Å². The van der Waals surface area contributed by atoms with Gasteiger partial charge in [-0.25, -0.2) is 4.98 Å². The second kappa shape index (κ2) is 9.10. The molecule has 0 fully saturated rings. The van der Waals surface area contributed by atoms with Gasteiger partial charge in [0.25, 0.3) is 0 Å². The van der Waals surface area contributed by atoms with Crippen molar-refractivity contribution in [3.05, 3.63) is 59.1 Å². The van der Waals surface area contributed by atoms with Crippen LogP contribution in [0.3, 0.4) is 0 Å². The minimum Gasteiger partial charge on any atom is -0.465 e. The van der Waals surface area contributed by atoms with Crippen LogP contribution in [-0.4, -0.2) is 34.6 Å². The lowest BCUT2D eigenvalue weighted by atomic mass is 9.89. The minimum absolute atomic E-state index is 0.212. The quantitative estimate of drug-likeness (QED) is 0.295. The molecule has 1 aromatic heterocycles. The van der Waals surface area contributed by atoms with Crippen molar-refractivity contribution >= 4 is 40.5 Å². The average molecular weight is 440 g/mol. The first kappa shape index (κ1) is 21.4. The van der Waals surface area contributed by atoms with E-state index in [0.29, 0.717) is 17.5 Å². The number of amides is 1. The van der Waals surface area contributed by atoms with Gasteiger partial charge in [0.15, 0.2) is 5.92 Å². The monoisotopic (exact) mass is 439 g/mol. The van der Waals surface area contributed by atoms with Crippen LogP contribution in [0, 0.1) is 5.92 Å². The summed E-state index contributed by atoms with van der Waals surface area (Å²) in [5, 5.41) is 0.593. The standard InChI is InChI=1S/C24H26ClN3O3/c1-3-5-8-15-27-22(29)20(23(30)31-4-2)21(16-11-13-17(25)14-12-16)28-19-10-7-6-9-18(19)26-24(27)28/h6-7,9-14,20-21H,3-5,8,15H2,1-2H3. The number of unbranched alkanes of at least 4 members (excludes halogenated alkanes) is 2. The lowest BCUT2D eigenvalue weighted by Gasteiger charge is -2.38. The number of halogens is 1. The Morgan fingerprint density at radius 3 is 2.55 bits per heavy atom. The van der Waals surface area contributed by atoms with Crippen LogP contribution < -0.4 is 4.90 Å². The summed E-state index contributed by atoms with van der Waals surface area (Å²) in [6, 6.07) is 14.5. The maximum absolute atomic E-state index is 13.7. The SMILES string of the molecule is CCCCCN1C(=O)C(C(=O)OCC)C(c2ccc(Cl)cc2)n2c1nc1ccccc12. The number of hydrogen-bond donors (Lipinski definition) is 0. The second-order valence-corrected chi connectivity index (χ2v) is 8.13. The Balaban J connectivity index is 1.93. The number of hydrogen-bond acceptors (Lipinski definition) is 4. The third kappa shape index (κ3) is 3.92. The summed E-state index contributed by atoms with van der Waals surface area (Å²) >= 11 is 6.11. The number of rotatable bonds is 7. The molecule has 0 radical (unpaired) electrons. The van der Waals surface area contributed by atoms with Crippen molar-refractivity contribution < 1.29 is 14.3 Å². The van der Waals surface area contributed by atoms with Crippen molar-refractivity contribution in [2.24, 2.45) is 5.92 Å². The molecule has 0 saturated heterocycles. The Kier molecular flexibility index (Phi) is 6.28. The average Bonchev–Trinajstić information content (AvgIpc) is 3.15. The van der Waals surface area contributed by atoms with E-state index in [1.165, 1.54) is 0 Å². The van der Waals surface area contributed by atoms with Gasteiger partial charge in [0, 0.05) is 11.6 Å². The van der Waals surface area contributed by atoms with Crippen LogP contribution in [0.4, 0.5) is 5.95 Å². The van der Waals surface area contributed by atoms with E-state index in [9.17, 15) is 9.59 Å². The van der Waals surface area contributed by atoms with Crippen LogP contribution in [0.1, 0.15) is 44.7 Å². The second-order valence-electron chi connectivity index (χ2n) is 7.69. The number of carbonyl (C=O) groups is 2. The molecule has 0 aliphatic carbocycles. The van der Waals surface area contributed by atoms with E-state index >= 15 is 0 Å². The molecular weight excluding hydrogens is 414 g/mol. The molecule has 0 bridgehead atoms. The van der Waals surface area contributed by atoms with Gasteiger partial charge in [-0.2, -0.15) is 0 Å². The highest BCUT2D eigenvalue weighted by molar-refractivity contribution is 6.30. The van der Waals surface area contributed by atoms with Gasteiger partial charge >= 0.3 is 5.97 Å². The van der Waals surface area contributed by atoms with Crippen LogP contribution in [-0.2, 0) is 14.3 Å². The number of nitrogens with zero attached hydrogens (tertiary/aromatic N) is 3. The van der Waals surface area contributed by atoms with E-state index in [0.717, 1.165) is 35.9 Å². The highest BCUT2D eigenvalue weighted by atomic mass is 35.5. The number of para-hydroxylation sites is 2. The van der Waals surface area contributed by atoms with Gasteiger partial charge in [-0.15, -0.1) is 0 Å². The Bertz CT molecular complexity index is 1090. The van der Waals surface area contributed by atoms with Gasteiger partial charge < -0.3 is 9.30 Å². The van der Waals surface area contributed by atoms with Crippen LogP contribution in [0.2, 0.25) is 5.02 Å². The summed E-state index contributed by atoms with van der Waals surface area (Å²) in [6.45, 7) is 4.59. The molecule has 31 heavy (non-hydrogen) atoms. The molecule has 0 spiro atoms. The van der Waals surface area contributed by atoms with Gasteiger partial charge in [0.1, 0.15) is 0 Å². The summed E-state index contributed by atoms with van der Waals surface area (Å²) in [4.78, 5) is 33.2. The lowest BCUT2D eigenvalue weighted by Crippen LogP contribution is -2.50. The lowest BCUT2D eigenvalue weighted by molar-refractivity contribution is -0.153. The zero-order valence-electron chi connectivity index (χ0n) is 17.8. The van der Waals surface area contributed by atoms with Crippen molar-refractivity contribution in [2.75, 3.05) is 18.1 Å². The smallest absolute Gasteiger partial charge is 0.321 e. The summed E-state index contributed by atoms with van der Waals surface area (Å²) in [5.74, 6) is -1.20. The van der Waals surface area contributed by atoms with E-state index in [4.69, 9.17) is 21.3 Å². The van der Waals surface area contributed by atoms with E-state index < -0.39 is 17.9 Å². The van der Waals surface area contributed by atoms with Gasteiger partial charge in [-0.1, -0.05) is 55.6 Å². The van der Waals surface area contributed by atoms with E-state index in [-0.39, 0.29) is 12.5 Å². The minimum atomic E-state index is -0.993. The van der Waals surface area contributed by atoms with Crippen LogP contribution in [0.25, 0.3) is 11.0 Å². The molecule has 1 aliphatic heterocycles. The highest BCUT2D eigenvalue weighted by Gasteiger charge is 2.47. The predicted octanol–water partition coefficient (Wildman–Crippen LogP) is 5.00. The predicted molar refractivity (Wildman–Crippen MR) is 121 cm³/mol. The molecule has 2 aromatic carbocycles. The summed E-state index contributed by atoms with van der Waals surface area (Å²) in [6.07, 6.45) is 2.87. The van der Waals surface area contributed by atoms with Gasteiger partial charge in [0.2, 0.25) is 11.9 Å². The molecule has 4 rings (SSSR count).